The lowest BCUT2D eigenvalue weighted by atomic mass is 10.1. The number of nitrogens with two attached hydrogens (primary N) is 1. The monoisotopic (exact) mass is 155 g/mol. The number of imidazole rings is 1. The van der Waals surface area contributed by atoms with Crippen LogP contribution >= 0.6 is 0 Å². The average Bonchev–Trinajstić information content (AvgIpc) is 2.40. The van der Waals surface area contributed by atoms with Crippen LogP contribution in [0, 0.1) is 0 Å². The van der Waals surface area contributed by atoms with Crippen LogP contribution in [0.1, 0.15) is 12.1 Å². The van der Waals surface area contributed by atoms with E-state index in [4.69, 9.17) is 10.8 Å². The normalized spacial score (nSPS) is 13.3. The first-order chi connectivity index (χ1) is 5.33. The van der Waals surface area contributed by atoms with Gasteiger partial charge < -0.3 is 15.8 Å². The number of aromatic nitrogens is 2. The van der Waals surface area contributed by atoms with Gasteiger partial charge in [0.2, 0.25) is 0 Å². The highest BCUT2D eigenvalue weighted by Crippen LogP contribution is 1.98. The number of H-pyrrole nitrogens is 1. The Balaban J connectivity index is 2.31. The fraction of sp³-hybridized carbons (Fsp3) is 0.571. The van der Waals surface area contributed by atoms with E-state index in [0.29, 0.717) is 6.42 Å². The molecule has 1 atom stereocenters. The third kappa shape index (κ3) is 2.69. The quantitative estimate of drug-likeness (QED) is 0.557. The van der Waals surface area contributed by atoms with Crippen LogP contribution in [0.5, 0.6) is 0 Å². The zero-order chi connectivity index (χ0) is 8.10. The molecule has 1 heterocycles. The Hall–Kier alpha value is -0.870. The molecule has 1 aromatic heterocycles. The summed E-state index contributed by atoms with van der Waals surface area (Å²) in [5.41, 5.74) is 6.69. The lowest BCUT2D eigenvalue weighted by Crippen LogP contribution is -2.24. The number of nitrogens with zero attached hydrogens (tertiary/aromatic N) is 1. The van der Waals surface area contributed by atoms with Crippen LogP contribution in [0.2, 0.25) is 0 Å². The number of nitrogens with one attached hydrogen (secondary N) is 1. The van der Waals surface area contributed by atoms with Crippen LogP contribution in [0.25, 0.3) is 0 Å². The molecule has 0 saturated heterocycles. The molecular formula is C7H13N3O. The molecule has 0 saturated carbocycles. The lowest BCUT2D eigenvalue weighted by molar-refractivity contribution is 0.275. The van der Waals surface area contributed by atoms with Gasteiger partial charge in [-0.05, 0) is 6.42 Å². The van der Waals surface area contributed by atoms with Crippen LogP contribution in [-0.2, 0) is 6.42 Å². The molecule has 0 aliphatic rings. The predicted octanol–water partition coefficient (Wildman–Crippen LogP) is -0.338. The molecule has 1 rings (SSSR count). The van der Waals surface area contributed by atoms with E-state index < -0.39 is 0 Å². The van der Waals surface area contributed by atoms with Crippen molar-refractivity contribution in [1.82, 2.24) is 9.97 Å². The fourth-order valence-corrected chi connectivity index (χ4v) is 0.947. The van der Waals surface area contributed by atoms with E-state index in [2.05, 4.69) is 9.97 Å². The summed E-state index contributed by atoms with van der Waals surface area (Å²) in [6, 6.07) is 0.0282. The summed E-state index contributed by atoms with van der Waals surface area (Å²) in [5.74, 6) is 0. The van der Waals surface area contributed by atoms with Gasteiger partial charge in [0, 0.05) is 31.0 Å². The van der Waals surface area contributed by atoms with Crippen molar-refractivity contribution in [3.05, 3.63) is 18.2 Å². The van der Waals surface area contributed by atoms with Crippen molar-refractivity contribution in [3.63, 3.8) is 0 Å². The first-order valence-corrected chi connectivity index (χ1v) is 3.66. The molecule has 0 aliphatic carbocycles. The lowest BCUT2D eigenvalue weighted by Gasteiger charge is -2.06. The van der Waals surface area contributed by atoms with Gasteiger partial charge in [0.05, 0.1) is 6.33 Å². The van der Waals surface area contributed by atoms with E-state index >= 15 is 0 Å². The maximum Gasteiger partial charge on any atom is 0.0921 e. The van der Waals surface area contributed by atoms with Crippen molar-refractivity contribution in [1.29, 1.82) is 0 Å². The van der Waals surface area contributed by atoms with Crippen LogP contribution in [-0.4, -0.2) is 27.7 Å². The van der Waals surface area contributed by atoms with Gasteiger partial charge in [-0.15, -0.1) is 0 Å². The summed E-state index contributed by atoms with van der Waals surface area (Å²) < 4.78 is 0. The summed E-state index contributed by atoms with van der Waals surface area (Å²) >= 11 is 0. The van der Waals surface area contributed by atoms with Gasteiger partial charge >= 0.3 is 0 Å². The summed E-state index contributed by atoms with van der Waals surface area (Å²) in [6.07, 6.45) is 4.76. The smallest absolute Gasteiger partial charge is 0.0921 e. The highest BCUT2D eigenvalue weighted by Gasteiger charge is 2.03. The predicted molar refractivity (Wildman–Crippen MR) is 42.0 cm³/mol. The van der Waals surface area contributed by atoms with E-state index in [1.807, 2.05) is 0 Å². The maximum absolute atomic E-state index is 8.56. The first-order valence-electron chi connectivity index (χ1n) is 3.66. The van der Waals surface area contributed by atoms with Crippen molar-refractivity contribution in [2.45, 2.75) is 18.9 Å². The summed E-state index contributed by atoms with van der Waals surface area (Å²) in [5, 5.41) is 8.56. The minimum absolute atomic E-state index is 0.0282. The Kier molecular flexibility index (Phi) is 3.07. The molecule has 0 bridgehead atoms. The van der Waals surface area contributed by atoms with E-state index in [-0.39, 0.29) is 12.6 Å². The zero-order valence-corrected chi connectivity index (χ0v) is 6.33. The van der Waals surface area contributed by atoms with E-state index in [1.165, 1.54) is 0 Å². The molecule has 0 spiro atoms. The molecule has 0 aliphatic heterocycles. The number of hydrogen-bond acceptors (Lipinski definition) is 3. The van der Waals surface area contributed by atoms with Gasteiger partial charge in [-0.3, -0.25) is 0 Å². The summed E-state index contributed by atoms with van der Waals surface area (Å²) in [7, 11) is 0. The van der Waals surface area contributed by atoms with E-state index in [9.17, 15) is 0 Å². The molecule has 11 heavy (non-hydrogen) atoms. The van der Waals surface area contributed by atoms with Crippen LogP contribution in [0.3, 0.4) is 0 Å². The Bertz CT molecular complexity index is 186. The maximum atomic E-state index is 8.56. The molecule has 0 radical (unpaired) electrons. The number of rotatable bonds is 4. The summed E-state index contributed by atoms with van der Waals surface area (Å²) in [4.78, 5) is 6.82. The van der Waals surface area contributed by atoms with Crippen molar-refractivity contribution < 1.29 is 5.11 Å². The summed E-state index contributed by atoms with van der Waals surface area (Å²) in [6.45, 7) is 0.148. The van der Waals surface area contributed by atoms with Gasteiger partial charge in [-0.1, -0.05) is 0 Å². The molecule has 1 aromatic rings. The molecule has 0 fully saturated rings. The number of aliphatic hydroxyl groups is 1. The third-order valence-electron chi connectivity index (χ3n) is 1.54. The average molecular weight is 155 g/mol. The Morgan fingerprint density at radius 2 is 2.55 bits per heavy atom. The second-order valence-corrected chi connectivity index (χ2v) is 2.55. The van der Waals surface area contributed by atoms with Crippen molar-refractivity contribution >= 4 is 0 Å². The van der Waals surface area contributed by atoms with Crippen molar-refractivity contribution in [2.24, 2.45) is 5.73 Å². The third-order valence-corrected chi connectivity index (χ3v) is 1.54. The Morgan fingerprint density at radius 1 is 1.73 bits per heavy atom. The largest absolute Gasteiger partial charge is 0.396 e. The zero-order valence-electron chi connectivity index (χ0n) is 6.33. The molecule has 0 aromatic carbocycles. The molecule has 4 heteroatoms. The number of aliphatic hydroxyl groups excluding tert-OH is 1. The van der Waals surface area contributed by atoms with Gasteiger partial charge in [-0.25, -0.2) is 4.98 Å². The topological polar surface area (TPSA) is 74.9 Å². The molecular weight excluding hydrogens is 142 g/mol. The van der Waals surface area contributed by atoms with Crippen LogP contribution in [0.15, 0.2) is 12.5 Å². The Labute approximate surface area is 65.5 Å². The SMILES string of the molecule is NC(CCO)Cc1cnc[nH]1. The van der Waals surface area contributed by atoms with E-state index in [1.54, 1.807) is 12.5 Å². The van der Waals surface area contributed by atoms with E-state index in [0.717, 1.165) is 12.1 Å². The molecule has 4 N–H and O–H groups in total. The highest BCUT2D eigenvalue weighted by atomic mass is 16.3. The fourth-order valence-electron chi connectivity index (χ4n) is 0.947. The van der Waals surface area contributed by atoms with Gasteiger partial charge in [-0.2, -0.15) is 0 Å². The number of aromatic amines is 1. The van der Waals surface area contributed by atoms with Gasteiger partial charge in [0.15, 0.2) is 0 Å². The van der Waals surface area contributed by atoms with Crippen molar-refractivity contribution in [2.75, 3.05) is 6.61 Å². The van der Waals surface area contributed by atoms with Gasteiger partial charge in [0.25, 0.3) is 0 Å². The molecule has 0 amide bonds. The second kappa shape index (κ2) is 4.10. The van der Waals surface area contributed by atoms with Crippen LogP contribution in [0.4, 0.5) is 0 Å². The first kappa shape index (κ1) is 8.23. The highest BCUT2D eigenvalue weighted by molar-refractivity contribution is 4.96. The van der Waals surface area contributed by atoms with Gasteiger partial charge in [0.1, 0.15) is 0 Å². The molecule has 62 valence electrons. The Morgan fingerprint density at radius 3 is 3.09 bits per heavy atom. The minimum Gasteiger partial charge on any atom is -0.396 e. The number of hydrogen-bond donors (Lipinski definition) is 3. The second-order valence-electron chi connectivity index (χ2n) is 2.55. The molecule has 4 nitrogen and oxygen atoms in total. The standard InChI is InChI=1S/C7H13N3O/c8-6(1-2-11)3-7-4-9-5-10-7/h4-6,11H,1-3,8H2,(H,9,10). The molecule has 1 unspecified atom stereocenters. The van der Waals surface area contributed by atoms with Crippen LogP contribution < -0.4 is 5.73 Å². The minimum atomic E-state index is 0.0282. The van der Waals surface area contributed by atoms with Crippen molar-refractivity contribution in [3.8, 4) is 0 Å².